The Morgan fingerprint density at radius 1 is 0.397 bits per heavy atom. The molecule has 2 unspecified atom stereocenters. The Hall–Kier alpha value is -7.44. The lowest BCUT2D eigenvalue weighted by molar-refractivity contribution is -0.129. The number of para-hydroxylation sites is 2. The fourth-order valence-corrected chi connectivity index (χ4v) is 6.97. The minimum atomic E-state index is -0.490. The van der Waals surface area contributed by atoms with Gasteiger partial charge in [-0.3, -0.25) is 0 Å². The first-order chi connectivity index (χ1) is 28.3. The SMILES string of the molecule is C=CC(=O)Oc1ccc(N(c2ccccc2)c2ccc(C(C)c3ccc(C(C)c4ccc(N(c5ccccc5)c5ccc(OC(=O)C=C)cc5)cc4)cc3)cc2)cc1. The lowest BCUT2D eigenvalue weighted by atomic mass is 9.88. The van der Waals surface area contributed by atoms with E-state index < -0.39 is 11.9 Å². The van der Waals surface area contributed by atoms with Gasteiger partial charge in [0.2, 0.25) is 0 Å². The fraction of sp³-hybridized carbons (Fsp3) is 0.0769. The lowest BCUT2D eigenvalue weighted by Gasteiger charge is -2.26. The smallest absolute Gasteiger partial charge is 0.335 e. The Bertz CT molecular complexity index is 2290. The highest BCUT2D eigenvalue weighted by Gasteiger charge is 2.17. The standard InChI is InChI=1S/C52H44N2O4/c1-5-51(55)57-49-33-29-47(30-34-49)53(43-13-9-7-10-14-43)45-25-21-41(22-26-45)37(3)39-17-19-40(20-18-39)38(4)42-23-27-46(28-24-42)54(44-15-11-8-12-16-44)48-31-35-50(36-32-48)58-52(56)6-2/h5-38H,1-2H2,3-4H3. The van der Waals surface area contributed by atoms with Gasteiger partial charge in [-0.1, -0.05) is 112 Å². The molecule has 0 saturated carbocycles. The minimum absolute atomic E-state index is 0.189. The maximum Gasteiger partial charge on any atom is 0.335 e. The van der Waals surface area contributed by atoms with Crippen LogP contribution in [0.2, 0.25) is 0 Å². The Morgan fingerprint density at radius 2 is 0.638 bits per heavy atom. The summed E-state index contributed by atoms with van der Waals surface area (Å²) in [6.45, 7) is 11.4. The molecule has 6 heteroatoms. The summed E-state index contributed by atoms with van der Waals surface area (Å²) in [4.78, 5) is 27.8. The van der Waals surface area contributed by atoms with Gasteiger partial charge in [-0.15, -0.1) is 0 Å². The van der Waals surface area contributed by atoms with Crippen LogP contribution in [0.1, 0.15) is 47.9 Å². The van der Waals surface area contributed by atoms with Crippen LogP contribution in [0.4, 0.5) is 34.1 Å². The van der Waals surface area contributed by atoms with Gasteiger partial charge in [0.15, 0.2) is 0 Å². The molecule has 6 nitrogen and oxygen atoms in total. The maximum atomic E-state index is 11.7. The molecule has 0 bridgehead atoms. The first-order valence-electron chi connectivity index (χ1n) is 19.2. The highest BCUT2D eigenvalue weighted by molar-refractivity contribution is 5.84. The molecular formula is C52H44N2O4. The highest BCUT2D eigenvalue weighted by atomic mass is 16.5. The zero-order valence-corrected chi connectivity index (χ0v) is 32.6. The molecule has 58 heavy (non-hydrogen) atoms. The average Bonchev–Trinajstić information content (AvgIpc) is 3.28. The van der Waals surface area contributed by atoms with Gasteiger partial charge < -0.3 is 19.3 Å². The van der Waals surface area contributed by atoms with E-state index in [1.54, 1.807) is 24.3 Å². The first kappa shape index (κ1) is 38.8. The molecule has 2 atom stereocenters. The quantitative estimate of drug-likeness (QED) is 0.0625. The normalized spacial score (nSPS) is 11.8. The van der Waals surface area contributed by atoms with E-state index in [0.717, 1.165) is 46.3 Å². The molecule has 7 aromatic carbocycles. The molecule has 0 saturated heterocycles. The zero-order chi connectivity index (χ0) is 40.4. The molecular weight excluding hydrogens is 717 g/mol. The molecule has 0 aliphatic carbocycles. The van der Waals surface area contributed by atoms with Crippen molar-refractivity contribution in [2.45, 2.75) is 25.7 Å². The molecule has 0 aliphatic rings. The zero-order valence-electron chi connectivity index (χ0n) is 32.6. The van der Waals surface area contributed by atoms with Crippen molar-refractivity contribution in [2.75, 3.05) is 9.80 Å². The topological polar surface area (TPSA) is 59.1 Å². The highest BCUT2D eigenvalue weighted by Crippen LogP contribution is 2.38. The van der Waals surface area contributed by atoms with Crippen molar-refractivity contribution < 1.29 is 19.1 Å². The molecule has 0 amide bonds. The van der Waals surface area contributed by atoms with Crippen molar-refractivity contribution in [3.63, 3.8) is 0 Å². The van der Waals surface area contributed by atoms with Gasteiger partial charge in [-0.05, 0) is 119 Å². The number of nitrogens with zero attached hydrogens (tertiary/aromatic N) is 2. The molecule has 7 rings (SSSR count). The summed E-state index contributed by atoms with van der Waals surface area (Å²) in [5, 5.41) is 0. The fourth-order valence-electron chi connectivity index (χ4n) is 6.97. The average molecular weight is 761 g/mol. The van der Waals surface area contributed by atoms with Crippen LogP contribution >= 0.6 is 0 Å². The van der Waals surface area contributed by atoms with Crippen LogP contribution in [-0.2, 0) is 9.59 Å². The van der Waals surface area contributed by atoms with Crippen LogP contribution in [0.15, 0.2) is 207 Å². The second kappa shape index (κ2) is 18.0. The molecule has 7 aromatic rings. The number of esters is 2. The Morgan fingerprint density at radius 3 is 0.914 bits per heavy atom. The summed E-state index contributed by atoms with van der Waals surface area (Å²) >= 11 is 0. The lowest BCUT2D eigenvalue weighted by Crippen LogP contribution is -2.10. The molecule has 286 valence electrons. The van der Waals surface area contributed by atoms with Gasteiger partial charge in [-0.2, -0.15) is 0 Å². The Balaban J connectivity index is 1.06. The summed E-state index contributed by atoms with van der Waals surface area (Å²) in [7, 11) is 0. The molecule has 0 aromatic heterocycles. The number of carbonyl (C=O) groups excluding carboxylic acids is 2. The van der Waals surface area contributed by atoms with E-state index in [1.807, 2.05) is 60.7 Å². The number of ether oxygens (including phenoxy) is 2. The monoisotopic (exact) mass is 760 g/mol. The van der Waals surface area contributed by atoms with Crippen LogP contribution < -0.4 is 19.3 Å². The molecule has 0 N–H and O–H groups in total. The number of hydrogen-bond donors (Lipinski definition) is 0. The van der Waals surface area contributed by atoms with E-state index in [-0.39, 0.29) is 11.8 Å². The third kappa shape index (κ3) is 8.99. The number of carbonyl (C=O) groups is 2. The van der Waals surface area contributed by atoms with E-state index in [4.69, 9.17) is 9.47 Å². The predicted molar refractivity (Wildman–Crippen MR) is 235 cm³/mol. The molecule has 0 spiro atoms. The molecule has 0 heterocycles. The van der Waals surface area contributed by atoms with E-state index >= 15 is 0 Å². The third-order valence-corrected chi connectivity index (χ3v) is 10.2. The van der Waals surface area contributed by atoms with Gasteiger partial charge in [0, 0.05) is 58.1 Å². The first-order valence-corrected chi connectivity index (χ1v) is 19.2. The number of hydrogen-bond acceptors (Lipinski definition) is 6. The van der Waals surface area contributed by atoms with Gasteiger partial charge in [-0.25, -0.2) is 9.59 Å². The van der Waals surface area contributed by atoms with Crippen LogP contribution in [-0.4, -0.2) is 11.9 Å². The molecule has 0 radical (unpaired) electrons. The van der Waals surface area contributed by atoms with Gasteiger partial charge in [0.05, 0.1) is 0 Å². The van der Waals surface area contributed by atoms with Crippen LogP contribution in [0, 0.1) is 0 Å². The summed E-state index contributed by atoms with van der Waals surface area (Å²) < 4.78 is 10.6. The van der Waals surface area contributed by atoms with Crippen LogP contribution in [0.25, 0.3) is 0 Å². The van der Waals surface area contributed by atoms with Crippen LogP contribution in [0.5, 0.6) is 11.5 Å². The maximum absolute atomic E-state index is 11.7. The van der Waals surface area contributed by atoms with Gasteiger partial charge in [0.1, 0.15) is 11.5 Å². The Kier molecular flexibility index (Phi) is 12.1. The predicted octanol–water partition coefficient (Wildman–Crippen LogP) is 13.1. The van der Waals surface area contributed by atoms with Gasteiger partial charge in [0.25, 0.3) is 0 Å². The third-order valence-electron chi connectivity index (χ3n) is 10.2. The van der Waals surface area contributed by atoms with E-state index in [0.29, 0.717) is 11.5 Å². The van der Waals surface area contributed by atoms with Crippen molar-refractivity contribution >= 4 is 46.1 Å². The molecule has 0 fully saturated rings. The minimum Gasteiger partial charge on any atom is -0.423 e. The summed E-state index contributed by atoms with van der Waals surface area (Å²) in [5.41, 5.74) is 10.9. The van der Waals surface area contributed by atoms with Crippen LogP contribution in [0.3, 0.4) is 0 Å². The largest absolute Gasteiger partial charge is 0.423 e. The van der Waals surface area contributed by atoms with Crippen molar-refractivity contribution in [3.8, 4) is 11.5 Å². The second-order valence-corrected chi connectivity index (χ2v) is 13.9. The van der Waals surface area contributed by atoms with Crippen molar-refractivity contribution in [3.05, 3.63) is 230 Å². The second-order valence-electron chi connectivity index (χ2n) is 13.9. The Labute approximate surface area is 340 Å². The summed E-state index contributed by atoms with van der Waals surface area (Å²) in [6, 6.07) is 61.7. The molecule has 0 aliphatic heterocycles. The van der Waals surface area contributed by atoms with E-state index in [9.17, 15) is 9.59 Å². The van der Waals surface area contributed by atoms with Crippen molar-refractivity contribution in [1.29, 1.82) is 0 Å². The van der Waals surface area contributed by atoms with E-state index in [1.165, 1.54) is 22.3 Å². The van der Waals surface area contributed by atoms with Crippen molar-refractivity contribution in [1.82, 2.24) is 0 Å². The number of benzene rings is 7. The number of anilines is 6. The summed E-state index contributed by atoms with van der Waals surface area (Å²) in [5.74, 6) is 0.324. The van der Waals surface area contributed by atoms with E-state index in [2.05, 4.69) is 134 Å². The number of rotatable bonds is 14. The van der Waals surface area contributed by atoms with Crippen molar-refractivity contribution in [2.24, 2.45) is 0 Å². The van der Waals surface area contributed by atoms with Gasteiger partial charge >= 0.3 is 11.9 Å². The summed E-state index contributed by atoms with van der Waals surface area (Å²) in [6.07, 6.45) is 2.31.